The molecule has 0 aromatic carbocycles. The first-order chi connectivity index (χ1) is 4.83. The quantitative estimate of drug-likeness (QED) is 0.407. The summed E-state index contributed by atoms with van der Waals surface area (Å²) >= 11 is 0. The Balaban J connectivity index is -0.0000000787. The van der Waals surface area contributed by atoms with Crippen LogP contribution in [0.4, 0.5) is 0 Å². The normalized spacial score (nSPS) is 3.70. The Morgan fingerprint density at radius 3 is 1.30 bits per heavy atom. The minimum absolute atomic E-state index is 1.18. The van der Waals surface area contributed by atoms with E-state index in [4.69, 9.17) is 10.5 Å². The Morgan fingerprint density at radius 1 is 1.10 bits per heavy atom. The number of nitrogens with zero attached hydrogens (tertiary/aromatic N) is 2. The predicted molar refractivity (Wildman–Crippen MR) is 42.9 cm³/mol. The van der Waals surface area contributed by atoms with Gasteiger partial charge in [-0.3, -0.25) is 0 Å². The first-order valence-electron chi connectivity index (χ1n) is 2.33. The van der Waals surface area contributed by atoms with Gasteiger partial charge in [0.25, 0.3) is 0 Å². The lowest BCUT2D eigenvalue weighted by Gasteiger charge is -1.44. The van der Waals surface area contributed by atoms with Crippen LogP contribution in [-0.2, 0) is 0 Å². The van der Waals surface area contributed by atoms with Gasteiger partial charge in [0.1, 0.15) is 0 Å². The third-order valence-electron chi connectivity index (χ3n) is 0.258. The van der Waals surface area contributed by atoms with Crippen molar-refractivity contribution in [3.05, 3.63) is 38.0 Å². The molecule has 2 nitrogen and oxygen atoms in total. The average molecular weight is 134 g/mol. The maximum atomic E-state index is 7.51. The van der Waals surface area contributed by atoms with Crippen molar-refractivity contribution < 1.29 is 0 Å². The monoisotopic (exact) mass is 134 g/mol. The van der Waals surface area contributed by atoms with E-state index in [0.717, 1.165) is 0 Å². The van der Waals surface area contributed by atoms with Crippen LogP contribution in [0.1, 0.15) is 0 Å². The van der Waals surface area contributed by atoms with Gasteiger partial charge in [-0.1, -0.05) is 31.9 Å². The summed E-state index contributed by atoms with van der Waals surface area (Å²) in [5.74, 6) is 0. The van der Waals surface area contributed by atoms with Crippen LogP contribution in [0.25, 0.3) is 0 Å². The number of rotatable bonds is 1. The molecule has 0 saturated heterocycles. The van der Waals surface area contributed by atoms with Gasteiger partial charge < -0.3 is 0 Å². The molecule has 0 heterocycles. The van der Waals surface area contributed by atoms with Crippen molar-refractivity contribution in [1.29, 1.82) is 10.5 Å². The Hall–Kier alpha value is -1.80. The standard InChI is InChI=1S/C4H6.C3H3N.CHN/c1-3-4-2;1-2-3-4;1-2/h3-4H,1-2H2;2H,1H2;1H. The molecule has 0 spiro atoms. The molecule has 0 bridgehead atoms. The molecule has 0 atom stereocenters. The second-order valence-corrected chi connectivity index (χ2v) is 0.805. The molecule has 52 valence electrons. The van der Waals surface area contributed by atoms with E-state index in [0.29, 0.717) is 0 Å². The van der Waals surface area contributed by atoms with E-state index in [2.05, 4.69) is 26.3 Å². The van der Waals surface area contributed by atoms with Crippen molar-refractivity contribution in [1.82, 2.24) is 0 Å². The first kappa shape index (κ1) is 15.7. The lowest BCUT2D eigenvalue weighted by atomic mass is 10.6. The molecule has 0 saturated carbocycles. The zero-order valence-electron chi connectivity index (χ0n) is 5.83. The Kier molecular flexibility index (Phi) is 89.9. The van der Waals surface area contributed by atoms with Crippen LogP contribution >= 0.6 is 0 Å². The van der Waals surface area contributed by atoms with Crippen molar-refractivity contribution in [2.45, 2.75) is 0 Å². The minimum atomic E-state index is 1.18. The second kappa shape index (κ2) is 57.2. The maximum absolute atomic E-state index is 7.51. The average Bonchev–Trinajstić information content (AvgIpc) is 2.08. The van der Waals surface area contributed by atoms with Gasteiger partial charge >= 0.3 is 0 Å². The lowest BCUT2D eigenvalue weighted by molar-refractivity contribution is 1.54. The summed E-state index contributed by atoms with van der Waals surface area (Å²) in [6.07, 6.45) is 4.46. The van der Waals surface area contributed by atoms with Crippen LogP contribution < -0.4 is 0 Å². The van der Waals surface area contributed by atoms with Gasteiger partial charge in [0.15, 0.2) is 0 Å². The maximum Gasteiger partial charge on any atom is 0.0905 e. The van der Waals surface area contributed by atoms with Gasteiger partial charge in [-0.2, -0.15) is 5.26 Å². The van der Waals surface area contributed by atoms with E-state index in [1.54, 1.807) is 18.2 Å². The number of hydrogen-bond acceptors (Lipinski definition) is 2. The molecule has 0 amide bonds. The molecule has 0 aliphatic heterocycles. The van der Waals surface area contributed by atoms with E-state index in [1.807, 2.05) is 0 Å². The summed E-state index contributed by atoms with van der Waals surface area (Å²) in [5, 5.41) is 14.0. The van der Waals surface area contributed by atoms with Crippen LogP contribution in [0.5, 0.6) is 0 Å². The molecular weight excluding hydrogens is 124 g/mol. The molecule has 0 aromatic heterocycles. The summed E-state index contributed by atoms with van der Waals surface area (Å²) < 4.78 is 0. The van der Waals surface area contributed by atoms with Gasteiger partial charge in [0.2, 0.25) is 0 Å². The summed E-state index contributed by atoms with van der Waals surface area (Å²) in [5.41, 5.74) is 0. The Morgan fingerprint density at radius 2 is 1.30 bits per heavy atom. The molecule has 0 aromatic rings. The highest BCUT2D eigenvalue weighted by molar-refractivity contribution is 4.93. The topological polar surface area (TPSA) is 47.6 Å². The van der Waals surface area contributed by atoms with Gasteiger partial charge in [-0.05, 0) is 0 Å². The van der Waals surface area contributed by atoms with Gasteiger partial charge in [-0.15, -0.1) is 0 Å². The summed E-state index contributed by atoms with van der Waals surface area (Å²) in [4.78, 5) is 0. The smallest absolute Gasteiger partial charge is 0.0905 e. The van der Waals surface area contributed by atoms with Crippen molar-refractivity contribution in [2.75, 3.05) is 0 Å². The zero-order valence-corrected chi connectivity index (χ0v) is 5.83. The van der Waals surface area contributed by atoms with Crippen molar-refractivity contribution in [2.24, 2.45) is 0 Å². The van der Waals surface area contributed by atoms with E-state index in [-0.39, 0.29) is 0 Å². The van der Waals surface area contributed by atoms with Gasteiger partial charge in [0, 0.05) is 12.6 Å². The van der Waals surface area contributed by atoms with Crippen molar-refractivity contribution >= 4 is 0 Å². The van der Waals surface area contributed by atoms with E-state index in [1.165, 1.54) is 6.08 Å². The minimum Gasteiger partial charge on any atom is -0.202 e. The van der Waals surface area contributed by atoms with E-state index < -0.39 is 0 Å². The molecule has 0 fully saturated rings. The van der Waals surface area contributed by atoms with Crippen molar-refractivity contribution in [3.8, 4) is 12.6 Å². The molecule has 2 heteroatoms. The number of hydrogen-bond donors (Lipinski definition) is 0. The highest BCUT2D eigenvalue weighted by Gasteiger charge is 1.34. The fourth-order valence-electron chi connectivity index (χ4n) is 0. The molecule has 0 rings (SSSR count). The number of allylic oxidation sites excluding steroid dienone is 3. The number of nitriles is 2. The van der Waals surface area contributed by atoms with Gasteiger partial charge in [0.05, 0.1) is 6.07 Å². The third kappa shape index (κ3) is 4190. The molecule has 0 aliphatic rings. The van der Waals surface area contributed by atoms with E-state index >= 15 is 0 Å². The lowest BCUT2D eigenvalue weighted by Crippen LogP contribution is -1.23. The fourth-order valence-corrected chi connectivity index (χ4v) is 0. The molecule has 0 aliphatic carbocycles. The van der Waals surface area contributed by atoms with Crippen LogP contribution in [0.15, 0.2) is 38.0 Å². The fraction of sp³-hybridized carbons (Fsp3) is 0. The Labute approximate surface area is 62.0 Å². The van der Waals surface area contributed by atoms with Crippen molar-refractivity contribution in [3.63, 3.8) is 0 Å². The molecule has 0 N–H and O–H groups in total. The second-order valence-electron chi connectivity index (χ2n) is 0.805. The molecule has 10 heavy (non-hydrogen) atoms. The van der Waals surface area contributed by atoms with Crippen LogP contribution in [0.3, 0.4) is 0 Å². The molecule has 0 radical (unpaired) electrons. The van der Waals surface area contributed by atoms with E-state index in [9.17, 15) is 0 Å². The SMILES string of the molecule is C#N.C=CC#N.C=CC=C. The predicted octanol–water partition coefficient (Wildman–Crippen LogP) is 2.19. The molecular formula is C8H10N2. The summed E-state index contributed by atoms with van der Waals surface area (Å²) in [7, 11) is 0. The highest BCUT2D eigenvalue weighted by atomic mass is 14.2. The molecule has 0 unspecified atom stereocenters. The Bertz CT molecular complexity index is 131. The van der Waals surface area contributed by atoms with Crippen LogP contribution in [0.2, 0.25) is 0 Å². The summed E-state index contributed by atoms with van der Waals surface area (Å²) in [6.45, 7) is 13.3. The zero-order chi connectivity index (χ0) is 8.83. The van der Waals surface area contributed by atoms with Crippen LogP contribution in [-0.4, -0.2) is 0 Å². The third-order valence-corrected chi connectivity index (χ3v) is 0.258. The largest absolute Gasteiger partial charge is 0.202 e. The van der Waals surface area contributed by atoms with Crippen LogP contribution in [0, 0.1) is 23.2 Å². The highest BCUT2D eigenvalue weighted by Crippen LogP contribution is 1.52. The summed E-state index contributed by atoms with van der Waals surface area (Å²) in [6, 6.07) is 1.69. The first-order valence-corrected chi connectivity index (χ1v) is 2.33. The van der Waals surface area contributed by atoms with Gasteiger partial charge in [-0.25, -0.2) is 5.26 Å².